The van der Waals surface area contributed by atoms with Gasteiger partial charge < -0.3 is 16.8 Å². The van der Waals surface area contributed by atoms with Crippen molar-refractivity contribution in [1.82, 2.24) is 15.8 Å². The van der Waals surface area contributed by atoms with Crippen LogP contribution in [0.15, 0.2) is 37.3 Å². The average molecular weight is 485 g/mol. The number of guanidine groups is 1. The number of anilines is 1. The number of benzene rings is 1. The Morgan fingerprint density at radius 3 is 2.57 bits per heavy atom. The number of nitrogens with one attached hydrogen (secondary N) is 2. The van der Waals surface area contributed by atoms with Crippen LogP contribution in [0.2, 0.25) is 0 Å². The van der Waals surface area contributed by atoms with Crippen molar-refractivity contribution in [2.75, 3.05) is 11.9 Å². The molecule has 0 fully saturated rings. The fourth-order valence-corrected chi connectivity index (χ4v) is 3.59. The lowest BCUT2D eigenvalue weighted by Crippen LogP contribution is -2.36. The van der Waals surface area contributed by atoms with E-state index in [9.17, 15) is 9.60 Å². The summed E-state index contributed by atoms with van der Waals surface area (Å²) in [6.45, 7) is 8.47. The highest BCUT2D eigenvalue weighted by atomic mass is 79.9. The molecule has 1 aromatic carbocycles. The van der Waals surface area contributed by atoms with Crippen molar-refractivity contribution in [1.29, 1.82) is 0 Å². The molecule has 7 N–H and O–H groups in total. The summed E-state index contributed by atoms with van der Waals surface area (Å²) in [5, 5.41) is 20.3. The van der Waals surface area contributed by atoms with E-state index in [0.29, 0.717) is 18.7 Å². The van der Waals surface area contributed by atoms with Crippen LogP contribution >= 0.6 is 15.9 Å². The highest BCUT2D eigenvalue weighted by Gasteiger charge is 2.29. The molecule has 0 unspecified atom stereocenters. The van der Waals surface area contributed by atoms with Crippen LogP contribution in [0.5, 0.6) is 0 Å². The van der Waals surface area contributed by atoms with Gasteiger partial charge in [0.05, 0.1) is 15.7 Å². The van der Waals surface area contributed by atoms with Crippen molar-refractivity contribution >= 4 is 39.2 Å². The van der Waals surface area contributed by atoms with E-state index < -0.39 is 11.4 Å². The first-order valence-corrected chi connectivity index (χ1v) is 9.83. The number of hydroxylamine groups is 1. The van der Waals surface area contributed by atoms with E-state index in [0.717, 1.165) is 0 Å². The van der Waals surface area contributed by atoms with Crippen LogP contribution in [-0.4, -0.2) is 39.4 Å². The minimum atomic E-state index is -0.454. The smallest absolute Gasteiger partial charge is 0.202 e. The number of halogens is 2. The van der Waals surface area contributed by atoms with Gasteiger partial charge >= 0.3 is 0 Å². The van der Waals surface area contributed by atoms with Crippen molar-refractivity contribution in [2.24, 2.45) is 26.9 Å². The van der Waals surface area contributed by atoms with Crippen LogP contribution in [0.4, 0.5) is 15.9 Å². The van der Waals surface area contributed by atoms with Gasteiger partial charge in [-0.2, -0.15) is 0 Å². The number of aromatic nitrogens is 2. The van der Waals surface area contributed by atoms with Crippen LogP contribution in [-0.2, 0) is 0 Å². The van der Waals surface area contributed by atoms with E-state index in [2.05, 4.69) is 41.5 Å². The molecule has 0 amide bonds. The summed E-state index contributed by atoms with van der Waals surface area (Å²) in [4.78, 5) is 8.49. The predicted octanol–water partition coefficient (Wildman–Crippen LogP) is 2.91. The van der Waals surface area contributed by atoms with Crippen LogP contribution < -0.4 is 22.3 Å². The Morgan fingerprint density at radius 2 is 1.97 bits per heavy atom. The third kappa shape index (κ3) is 6.66. The van der Waals surface area contributed by atoms with Crippen LogP contribution in [0, 0.1) is 11.2 Å². The third-order valence-electron chi connectivity index (χ3n) is 4.04. The van der Waals surface area contributed by atoms with E-state index in [4.69, 9.17) is 16.1 Å². The molecule has 0 aliphatic heterocycles. The second kappa shape index (κ2) is 9.39. The molecule has 1 heterocycles. The molecule has 1 aromatic heterocycles. The maximum Gasteiger partial charge on any atom is 0.202 e. The van der Waals surface area contributed by atoms with Crippen molar-refractivity contribution in [3.05, 3.63) is 34.2 Å². The minimum Gasteiger partial charge on any atom is -0.370 e. The highest BCUT2D eigenvalue weighted by molar-refractivity contribution is 9.10. The maximum atomic E-state index is 13.4. The molecule has 0 spiro atoms. The molecular weight excluding hydrogens is 459 g/mol. The molecule has 0 atom stereocenters. The monoisotopic (exact) mass is 484 g/mol. The number of nitrogens with two attached hydrogens (primary N) is 2. The molecular formula is C18H26BrFN8O2. The van der Waals surface area contributed by atoms with E-state index in [1.54, 1.807) is 0 Å². The Bertz CT molecular complexity index is 938. The Balaban J connectivity index is 2.18. The second-order valence-corrected chi connectivity index (χ2v) is 9.03. The fraction of sp³-hybridized carbons (Fsp3) is 0.444. The molecule has 0 radical (unpaired) electrons. The summed E-state index contributed by atoms with van der Waals surface area (Å²) in [6, 6.07) is 4.16. The number of hydrogen-bond donors (Lipinski definition) is 5. The lowest BCUT2D eigenvalue weighted by Gasteiger charge is -2.32. The first kappa shape index (κ1) is 23.5. The van der Waals surface area contributed by atoms with Crippen LogP contribution in [0.25, 0.3) is 0 Å². The lowest BCUT2D eigenvalue weighted by molar-refractivity contribution is 0.234. The Morgan fingerprint density at radius 1 is 1.27 bits per heavy atom. The summed E-state index contributed by atoms with van der Waals surface area (Å²) >= 11 is 3.10. The fourth-order valence-electron chi connectivity index (χ4n) is 3.22. The first-order valence-electron chi connectivity index (χ1n) is 9.04. The molecule has 164 valence electrons. The number of amidine groups is 1. The van der Waals surface area contributed by atoms with Crippen molar-refractivity contribution < 1.29 is 14.2 Å². The van der Waals surface area contributed by atoms with Gasteiger partial charge in [0.15, 0.2) is 17.5 Å². The molecule has 30 heavy (non-hydrogen) atoms. The third-order valence-corrected chi connectivity index (χ3v) is 4.65. The standard InChI is InChI=1S/C18H26BrFN8O2/c1-17(2,8-18(3,4)25-16(21)22)9-23-14-13(27-30-28-14)15(26-29)24-10-5-6-12(20)11(19)7-10/h5-7,29H,8-9H2,1-4H3,(H,23,28)(H,24,26)(H4,21,22,25). The molecule has 2 rings (SSSR count). The van der Waals surface area contributed by atoms with Crippen LogP contribution in [0.3, 0.4) is 0 Å². The zero-order valence-corrected chi connectivity index (χ0v) is 18.8. The summed E-state index contributed by atoms with van der Waals surface area (Å²) in [5.74, 6) is -0.127. The van der Waals surface area contributed by atoms with Gasteiger partial charge in [-0.15, -0.1) is 0 Å². The topological polar surface area (TPSA) is 160 Å². The van der Waals surface area contributed by atoms with Gasteiger partial charge in [0, 0.05) is 6.54 Å². The number of hydrogen-bond acceptors (Lipinski definition) is 7. The SMILES string of the molecule is CC(C)(CNc1nonc1C(=Nc1ccc(F)c(Br)c1)NO)CC(C)(C)N=C(N)N. The van der Waals surface area contributed by atoms with E-state index in [1.807, 2.05) is 33.2 Å². The van der Waals surface area contributed by atoms with Crippen molar-refractivity contribution in [3.8, 4) is 0 Å². The van der Waals surface area contributed by atoms with E-state index >= 15 is 0 Å². The summed E-state index contributed by atoms with van der Waals surface area (Å²) < 4.78 is 18.5. The quantitative estimate of drug-likeness (QED) is 0.217. The van der Waals surface area contributed by atoms with Crippen molar-refractivity contribution in [2.45, 2.75) is 39.7 Å². The molecule has 12 heteroatoms. The summed E-state index contributed by atoms with van der Waals surface area (Å²) in [5.41, 5.74) is 12.9. The average Bonchev–Trinajstić information content (AvgIpc) is 3.07. The van der Waals surface area contributed by atoms with Gasteiger partial charge in [0.1, 0.15) is 5.82 Å². The van der Waals surface area contributed by atoms with Gasteiger partial charge in [0.2, 0.25) is 5.82 Å². The zero-order valence-electron chi connectivity index (χ0n) is 17.2. The van der Waals surface area contributed by atoms with Gasteiger partial charge in [-0.25, -0.2) is 19.0 Å². The number of rotatable bonds is 8. The molecule has 10 nitrogen and oxygen atoms in total. The largest absolute Gasteiger partial charge is 0.370 e. The van der Waals surface area contributed by atoms with Crippen LogP contribution in [0.1, 0.15) is 39.8 Å². The molecule has 0 aliphatic carbocycles. The predicted molar refractivity (Wildman–Crippen MR) is 116 cm³/mol. The highest BCUT2D eigenvalue weighted by Crippen LogP contribution is 2.31. The number of nitrogens with zero attached hydrogens (tertiary/aromatic N) is 4. The van der Waals surface area contributed by atoms with Gasteiger partial charge in [-0.1, -0.05) is 13.8 Å². The van der Waals surface area contributed by atoms with Crippen molar-refractivity contribution in [3.63, 3.8) is 0 Å². The van der Waals surface area contributed by atoms with E-state index in [-0.39, 0.29) is 33.2 Å². The molecule has 0 saturated heterocycles. The maximum absolute atomic E-state index is 13.4. The van der Waals surface area contributed by atoms with Gasteiger partial charge in [-0.05, 0) is 70.1 Å². The summed E-state index contributed by atoms with van der Waals surface area (Å²) in [6.07, 6.45) is 0.675. The zero-order chi connectivity index (χ0) is 22.5. The molecule has 0 bridgehead atoms. The minimum absolute atomic E-state index is 0.0177. The summed E-state index contributed by atoms with van der Waals surface area (Å²) in [7, 11) is 0. The molecule has 2 aromatic rings. The number of aliphatic imine (C=N–C) groups is 2. The Hall–Kier alpha value is -2.73. The van der Waals surface area contributed by atoms with E-state index in [1.165, 1.54) is 18.2 Å². The lowest BCUT2D eigenvalue weighted by atomic mass is 9.80. The normalized spacial score (nSPS) is 12.6. The second-order valence-electron chi connectivity index (χ2n) is 8.18. The van der Waals surface area contributed by atoms with Gasteiger partial charge in [-0.3, -0.25) is 10.7 Å². The van der Waals surface area contributed by atoms with Gasteiger partial charge in [0.25, 0.3) is 0 Å². The first-order chi connectivity index (χ1) is 13.9. The molecule has 0 saturated carbocycles. The Labute approximate surface area is 182 Å². The molecule has 0 aliphatic rings. The Kier molecular flexibility index (Phi) is 7.37.